The zero-order valence-corrected chi connectivity index (χ0v) is 40.9. The third-order valence-corrected chi connectivity index (χ3v) is 14.5. The first-order valence-corrected chi connectivity index (χ1v) is 23.9. The van der Waals surface area contributed by atoms with E-state index in [4.69, 9.17) is 0 Å². The van der Waals surface area contributed by atoms with Crippen molar-refractivity contribution in [3.63, 3.8) is 0 Å². The van der Waals surface area contributed by atoms with Crippen LogP contribution >= 0.6 is 0 Å². The molecular weight excluding hydrogens is 797 g/mol. The highest BCUT2D eigenvalue weighted by atomic mass is 15.0. The molecule has 11 rings (SSSR count). The molecule has 2 nitrogen and oxygen atoms in total. The Hall–Kier alpha value is -6.64. The summed E-state index contributed by atoms with van der Waals surface area (Å²) in [5.41, 5.74) is 22.9. The molecule has 0 fully saturated rings. The highest BCUT2D eigenvalue weighted by Crippen LogP contribution is 2.46. The van der Waals surface area contributed by atoms with Crippen molar-refractivity contribution in [3.8, 4) is 44.5 Å². The first kappa shape index (κ1) is 42.0. The lowest BCUT2D eigenvalue weighted by atomic mass is 9.86. The second-order valence-electron chi connectivity index (χ2n) is 23.2. The molecule has 0 amide bonds. The fourth-order valence-corrected chi connectivity index (χ4v) is 10.4. The molecule has 3 heterocycles. The van der Waals surface area contributed by atoms with Crippen LogP contribution in [0.3, 0.4) is 0 Å². The van der Waals surface area contributed by atoms with Gasteiger partial charge in [0.25, 0.3) is 0 Å². The van der Waals surface area contributed by atoms with Crippen LogP contribution in [0.1, 0.15) is 105 Å². The van der Waals surface area contributed by atoms with E-state index in [0.717, 1.165) is 0 Å². The van der Waals surface area contributed by atoms with Gasteiger partial charge in [0.2, 0.25) is 0 Å². The maximum Gasteiger partial charge on any atom is 0.0783 e. The fourth-order valence-electron chi connectivity index (χ4n) is 10.4. The van der Waals surface area contributed by atoms with Crippen molar-refractivity contribution in [2.24, 2.45) is 0 Å². The first-order valence-electron chi connectivity index (χ1n) is 23.9. The average Bonchev–Trinajstić information content (AvgIpc) is 3.80. The molecule has 0 atom stereocenters. The lowest BCUT2D eigenvalue weighted by Crippen LogP contribution is -2.10. The molecule has 11 aromatic rings. The molecule has 0 saturated heterocycles. The smallest absolute Gasteiger partial charge is 0.0783 e. The number of nitrogens with zero attached hydrogens (tertiary/aromatic N) is 2. The molecule has 0 spiro atoms. The minimum atomic E-state index is 0.0731. The van der Waals surface area contributed by atoms with Crippen molar-refractivity contribution in [1.82, 2.24) is 8.80 Å². The number of hydrogen-bond donors (Lipinski definition) is 0. The van der Waals surface area contributed by atoms with E-state index in [1.54, 1.807) is 0 Å². The number of rotatable bonds is 4. The Bertz CT molecular complexity index is 3410. The maximum absolute atomic E-state index is 2.58. The summed E-state index contributed by atoms with van der Waals surface area (Å²) < 4.78 is 5.17. The Morgan fingerprint density at radius 3 is 0.742 bits per heavy atom. The summed E-state index contributed by atoms with van der Waals surface area (Å²) in [7, 11) is 0. The summed E-state index contributed by atoms with van der Waals surface area (Å²) in [5, 5.41) is 5.06. The van der Waals surface area contributed by atoms with Crippen molar-refractivity contribution in [1.29, 1.82) is 0 Å². The third-order valence-electron chi connectivity index (χ3n) is 14.5. The predicted molar refractivity (Wildman–Crippen MR) is 286 cm³/mol. The average molecular weight is 859 g/mol. The van der Waals surface area contributed by atoms with Crippen LogP contribution in [-0.2, 0) is 21.7 Å². The molecule has 3 aromatic heterocycles. The van der Waals surface area contributed by atoms with Crippen LogP contribution in [-0.4, -0.2) is 8.80 Å². The molecule has 66 heavy (non-hydrogen) atoms. The quantitative estimate of drug-likeness (QED) is 0.156. The summed E-state index contributed by atoms with van der Waals surface area (Å²) in [6.45, 7) is 27.5. The van der Waals surface area contributed by atoms with Crippen molar-refractivity contribution < 1.29 is 0 Å². The van der Waals surface area contributed by atoms with E-state index in [-0.39, 0.29) is 21.7 Å². The monoisotopic (exact) mass is 858 g/mol. The van der Waals surface area contributed by atoms with Crippen molar-refractivity contribution in [2.45, 2.75) is 105 Å². The van der Waals surface area contributed by atoms with Gasteiger partial charge in [0, 0.05) is 21.5 Å². The molecule has 328 valence electrons. The van der Waals surface area contributed by atoms with Gasteiger partial charge in [-0.3, -0.25) is 0 Å². The topological polar surface area (TPSA) is 8.82 Å². The number of aromatic nitrogens is 2. The highest BCUT2D eigenvalue weighted by molar-refractivity contribution is 6.23. The molecule has 0 saturated carbocycles. The SMILES string of the molecule is CC(C)(C)c1ccc(-c2ccc3c(c2)c2cc(-c4ccc(C(C)(C)C)cc4)cc4c2n3c2cc(-c3ccc(C(C)(C)C)cc3)cc3c5cc(-c6ccc(C(C)(C)C)cc6)ccc5n4c32)cc1. The van der Waals surface area contributed by atoms with Gasteiger partial charge in [-0.1, -0.05) is 192 Å². The Morgan fingerprint density at radius 2 is 0.470 bits per heavy atom. The van der Waals surface area contributed by atoms with E-state index < -0.39 is 0 Å². The Kier molecular flexibility index (Phi) is 9.19. The molecular formula is C64H62N2. The maximum atomic E-state index is 2.58. The van der Waals surface area contributed by atoms with E-state index in [1.807, 2.05) is 0 Å². The number of hydrogen-bond acceptors (Lipinski definition) is 0. The summed E-state index contributed by atoms with van der Waals surface area (Å²) in [6, 6.07) is 61.1. The van der Waals surface area contributed by atoms with Crippen molar-refractivity contribution >= 4 is 54.6 Å². The molecule has 0 aliphatic carbocycles. The normalized spacial score (nSPS) is 13.2. The molecule has 0 N–H and O–H groups in total. The minimum absolute atomic E-state index is 0.0731. The van der Waals surface area contributed by atoms with Gasteiger partial charge in [-0.05, 0) is 137 Å². The van der Waals surface area contributed by atoms with Crippen LogP contribution < -0.4 is 0 Å². The van der Waals surface area contributed by atoms with E-state index in [0.29, 0.717) is 0 Å². The Labute approximate surface area is 390 Å². The van der Waals surface area contributed by atoms with Crippen LogP contribution in [0.15, 0.2) is 158 Å². The molecule has 0 bridgehead atoms. The van der Waals surface area contributed by atoms with Gasteiger partial charge >= 0.3 is 0 Å². The molecule has 0 aliphatic heterocycles. The van der Waals surface area contributed by atoms with Crippen LogP contribution in [0, 0.1) is 0 Å². The largest absolute Gasteiger partial charge is 0.305 e. The van der Waals surface area contributed by atoms with Gasteiger partial charge in [-0.25, -0.2) is 0 Å². The van der Waals surface area contributed by atoms with Crippen molar-refractivity contribution in [3.05, 3.63) is 180 Å². The van der Waals surface area contributed by atoms with E-state index in [1.165, 1.54) is 121 Å². The highest BCUT2D eigenvalue weighted by Gasteiger charge is 2.25. The van der Waals surface area contributed by atoms with Gasteiger partial charge in [-0.15, -0.1) is 0 Å². The summed E-state index contributed by atoms with van der Waals surface area (Å²) in [4.78, 5) is 0. The summed E-state index contributed by atoms with van der Waals surface area (Å²) in [5.74, 6) is 0. The molecule has 2 heteroatoms. The van der Waals surface area contributed by atoms with Crippen LogP contribution in [0.2, 0.25) is 0 Å². The summed E-state index contributed by atoms with van der Waals surface area (Å²) in [6.07, 6.45) is 0. The standard InChI is InChI=1S/C64H62N2/c1-61(2,3)47-23-13-39(14-24-47)43-21-31-55-51(33-43)53-35-45(41-17-27-49(28-18-41)63(7,8)9)37-57-59(53)65(55)58-38-46(42-19-29-50(30-20-42)64(10,11)12)36-54-52-34-44(22-32-56(52)66(57)60(54)58)40-15-25-48(26-16-40)62(4,5)6/h13-38H,1-12H3. The lowest BCUT2D eigenvalue weighted by Gasteiger charge is -2.19. The van der Waals surface area contributed by atoms with Gasteiger partial charge in [-0.2, -0.15) is 0 Å². The molecule has 0 aliphatic rings. The van der Waals surface area contributed by atoms with Crippen molar-refractivity contribution in [2.75, 3.05) is 0 Å². The van der Waals surface area contributed by atoms with Gasteiger partial charge in [0.05, 0.1) is 33.1 Å². The van der Waals surface area contributed by atoms with E-state index in [2.05, 4.69) is 250 Å². The second kappa shape index (κ2) is 14.4. The first-order chi connectivity index (χ1) is 31.2. The van der Waals surface area contributed by atoms with E-state index in [9.17, 15) is 0 Å². The Morgan fingerprint density at radius 1 is 0.227 bits per heavy atom. The van der Waals surface area contributed by atoms with Gasteiger partial charge < -0.3 is 8.80 Å². The predicted octanol–water partition coefficient (Wildman–Crippen LogP) is 18.1. The van der Waals surface area contributed by atoms with Gasteiger partial charge in [0.15, 0.2) is 0 Å². The van der Waals surface area contributed by atoms with Gasteiger partial charge in [0.1, 0.15) is 0 Å². The third kappa shape index (κ3) is 6.83. The number of benzene rings is 8. The zero-order chi connectivity index (χ0) is 46.2. The number of fused-ring (bicyclic) bond motifs is 8. The molecule has 0 unspecified atom stereocenters. The van der Waals surface area contributed by atoms with Crippen LogP contribution in [0.25, 0.3) is 99.2 Å². The zero-order valence-electron chi connectivity index (χ0n) is 40.9. The minimum Gasteiger partial charge on any atom is -0.305 e. The fraction of sp³-hybridized carbons (Fsp3) is 0.250. The molecule has 0 radical (unpaired) electrons. The van der Waals surface area contributed by atoms with E-state index >= 15 is 0 Å². The second-order valence-corrected chi connectivity index (χ2v) is 23.2. The lowest BCUT2D eigenvalue weighted by molar-refractivity contribution is 0.590. The Balaban J connectivity index is 1.25. The van der Waals surface area contributed by atoms with Crippen LogP contribution in [0.5, 0.6) is 0 Å². The molecule has 8 aromatic carbocycles. The van der Waals surface area contributed by atoms with Crippen LogP contribution in [0.4, 0.5) is 0 Å². The summed E-state index contributed by atoms with van der Waals surface area (Å²) >= 11 is 0.